The van der Waals surface area contributed by atoms with Crippen molar-refractivity contribution in [2.24, 2.45) is 0 Å². The minimum Gasteiger partial charge on any atom is -0.481 e. The molecule has 0 amide bonds. The quantitative estimate of drug-likeness (QED) is 0.272. The van der Waals surface area contributed by atoms with Gasteiger partial charge in [-0.25, -0.2) is 0 Å². The maximum absolute atomic E-state index is 11.8. The predicted octanol–water partition coefficient (Wildman–Crippen LogP) is 8.34. The second kappa shape index (κ2) is 15.6. The van der Waals surface area contributed by atoms with Crippen molar-refractivity contribution in [3.8, 4) is 0 Å². The van der Waals surface area contributed by atoms with Crippen molar-refractivity contribution in [3.05, 3.63) is 34.9 Å². The summed E-state index contributed by atoms with van der Waals surface area (Å²) in [6.45, 7) is 6.34. The zero-order valence-electron chi connectivity index (χ0n) is 18.8. The second-order valence-electron chi connectivity index (χ2n) is 8.58. The van der Waals surface area contributed by atoms with Crippen LogP contribution in [0.4, 0.5) is 0 Å². The van der Waals surface area contributed by atoms with Crippen molar-refractivity contribution in [1.29, 1.82) is 0 Å². The third-order valence-corrected chi connectivity index (χ3v) is 6.04. The summed E-state index contributed by atoms with van der Waals surface area (Å²) >= 11 is 0. The first-order valence-corrected chi connectivity index (χ1v) is 11.9. The third kappa shape index (κ3) is 10.3. The van der Waals surface area contributed by atoms with E-state index < -0.39 is 5.97 Å². The molecule has 0 radical (unpaired) electrons. The van der Waals surface area contributed by atoms with Gasteiger partial charge in [0.1, 0.15) is 0 Å². The normalized spacial score (nSPS) is 12.2. The Bertz CT molecular complexity index is 515. The van der Waals surface area contributed by atoms with Crippen molar-refractivity contribution in [3.63, 3.8) is 0 Å². The van der Waals surface area contributed by atoms with Crippen LogP contribution in [-0.2, 0) is 4.79 Å². The van der Waals surface area contributed by atoms with Crippen LogP contribution in [0.1, 0.15) is 126 Å². The Balaban J connectivity index is 2.07. The Morgan fingerprint density at radius 2 is 1.14 bits per heavy atom. The molecule has 0 heterocycles. The van der Waals surface area contributed by atoms with E-state index in [0.29, 0.717) is 0 Å². The number of hydrogen-bond acceptors (Lipinski definition) is 1. The van der Waals surface area contributed by atoms with E-state index >= 15 is 0 Å². The lowest BCUT2D eigenvalue weighted by atomic mass is 9.87. The minimum atomic E-state index is -0.674. The second-order valence-corrected chi connectivity index (χ2v) is 8.58. The fourth-order valence-electron chi connectivity index (χ4n) is 4.31. The van der Waals surface area contributed by atoms with Gasteiger partial charge in [0.2, 0.25) is 0 Å². The molecule has 0 saturated carbocycles. The number of carboxylic acid groups (broad SMARTS) is 1. The zero-order chi connectivity index (χ0) is 20.6. The first-order valence-electron chi connectivity index (χ1n) is 11.9. The maximum Gasteiger partial charge on any atom is 0.310 e. The Morgan fingerprint density at radius 1 is 0.750 bits per heavy atom. The zero-order valence-corrected chi connectivity index (χ0v) is 18.8. The molecule has 0 spiro atoms. The molecular weight excluding hydrogens is 344 g/mol. The van der Waals surface area contributed by atoms with Crippen LogP contribution in [0.2, 0.25) is 0 Å². The number of carboxylic acids is 1. The average molecular weight is 389 g/mol. The maximum atomic E-state index is 11.8. The Labute approximate surface area is 174 Å². The Kier molecular flexibility index (Phi) is 13.8. The van der Waals surface area contributed by atoms with E-state index in [1.807, 2.05) is 32.0 Å². The van der Waals surface area contributed by atoms with Gasteiger partial charge in [-0.2, -0.15) is 0 Å². The molecule has 0 fully saturated rings. The van der Waals surface area contributed by atoms with Crippen molar-refractivity contribution in [2.75, 3.05) is 0 Å². The third-order valence-electron chi connectivity index (χ3n) is 6.04. The standard InChI is InChI=1S/C26H44O2/c1-4-5-6-7-8-9-10-11-12-13-14-15-16-17-21-24(26(27)28)25-22(2)19-18-20-23(25)3/h18-20,24H,4-17,21H2,1-3H3,(H,27,28). The molecule has 0 aliphatic rings. The van der Waals surface area contributed by atoms with E-state index in [1.54, 1.807) is 0 Å². The molecule has 1 rings (SSSR count). The Morgan fingerprint density at radius 3 is 1.54 bits per heavy atom. The van der Waals surface area contributed by atoms with Crippen LogP contribution in [-0.4, -0.2) is 11.1 Å². The molecule has 0 aromatic heterocycles. The van der Waals surface area contributed by atoms with Crippen LogP contribution < -0.4 is 0 Å². The van der Waals surface area contributed by atoms with Gasteiger partial charge < -0.3 is 5.11 Å². The van der Waals surface area contributed by atoms with E-state index in [9.17, 15) is 9.90 Å². The van der Waals surface area contributed by atoms with Gasteiger partial charge in [0.05, 0.1) is 5.92 Å². The number of carbonyl (C=O) groups is 1. The molecule has 28 heavy (non-hydrogen) atoms. The van der Waals surface area contributed by atoms with Gasteiger partial charge in [-0.15, -0.1) is 0 Å². The van der Waals surface area contributed by atoms with Crippen molar-refractivity contribution in [2.45, 2.75) is 123 Å². The van der Waals surface area contributed by atoms with E-state index in [4.69, 9.17) is 0 Å². The highest BCUT2D eigenvalue weighted by Gasteiger charge is 2.22. The number of aryl methyl sites for hydroxylation is 2. The number of aliphatic carboxylic acids is 1. The van der Waals surface area contributed by atoms with Gasteiger partial charge in [0, 0.05) is 0 Å². The smallest absolute Gasteiger partial charge is 0.310 e. The lowest BCUT2D eigenvalue weighted by molar-refractivity contribution is -0.139. The summed E-state index contributed by atoms with van der Waals surface area (Å²) in [6.07, 6.45) is 19.4. The largest absolute Gasteiger partial charge is 0.481 e. The Hall–Kier alpha value is -1.31. The SMILES string of the molecule is CCCCCCCCCCCCCCCCC(C(=O)O)c1c(C)cccc1C. The highest BCUT2D eigenvalue weighted by atomic mass is 16.4. The first-order chi connectivity index (χ1) is 13.6. The van der Waals surface area contributed by atoms with E-state index in [2.05, 4.69) is 6.92 Å². The molecule has 1 unspecified atom stereocenters. The number of unbranched alkanes of at least 4 members (excludes halogenated alkanes) is 13. The molecule has 1 atom stereocenters. The molecule has 0 aliphatic carbocycles. The van der Waals surface area contributed by atoms with Gasteiger partial charge in [-0.1, -0.05) is 115 Å². The molecule has 0 aliphatic heterocycles. The highest BCUT2D eigenvalue weighted by Crippen LogP contribution is 2.29. The number of rotatable bonds is 17. The predicted molar refractivity (Wildman–Crippen MR) is 121 cm³/mol. The van der Waals surface area contributed by atoms with Crippen LogP contribution in [0, 0.1) is 13.8 Å². The molecule has 1 aromatic rings. The van der Waals surface area contributed by atoms with Crippen LogP contribution >= 0.6 is 0 Å². The topological polar surface area (TPSA) is 37.3 Å². The lowest BCUT2D eigenvalue weighted by Gasteiger charge is -2.18. The molecule has 1 aromatic carbocycles. The summed E-state index contributed by atoms with van der Waals surface area (Å²) in [5, 5.41) is 9.68. The fraction of sp³-hybridized carbons (Fsp3) is 0.731. The average Bonchev–Trinajstić information content (AvgIpc) is 2.66. The number of benzene rings is 1. The van der Waals surface area contributed by atoms with Crippen molar-refractivity contribution < 1.29 is 9.90 Å². The van der Waals surface area contributed by atoms with Crippen LogP contribution in [0.15, 0.2) is 18.2 Å². The molecule has 0 saturated heterocycles. The summed E-state index contributed by atoms with van der Waals surface area (Å²) in [4.78, 5) is 11.8. The van der Waals surface area contributed by atoms with E-state index in [-0.39, 0.29) is 5.92 Å². The highest BCUT2D eigenvalue weighted by molar-refractivity contribution is 5.77. The van der Waals surface area contributed by atoms with Gasteiger partial charge in [-0.3, -0.25) is 4.79 Å². The van der Waals surface area contributed by atoms with E-state index in [1.165, 1.54) is 77.0 Å². The van der Waals surface area contributed by atoms with Crippen LogP contribution in [0.5, 0.6) is 0 Å². The van der Waals surface area contributed by atoms with Crippen molar-refractivity contribution in [1.82, 2.24) is 0 Å². The van der Waals surface area contributed by atoms with Crippen LogP contribution in [0.25, 0.3) is 0 Å². The van der Waals surface area contributed by atoms with Crippen LogP contribution in [0.3, 0.4) is 0 Å². The summed E-state index contributed by atoms with van der Waals surface area (Å²) in [7, 11) is 0. The minimum absolute atomic E-state index is 0.349. The van der Waals surface area contributed by atoms with Gasteiger partial charge in [0.25, 0.3) is 0 Å². The van der Waals surface area contributed by atoms with Gasteiger partial charge >= 0.3 is 5.97 Å². The summed E-state index contributed by atoms with van der Waals surface area (Å²) in [6, 6.07) is 6.08. The molecule has 2 heteroatoms. The van der Waals surface area contributed by atoms with E-state index in [0.717, 1.165) is 36.0 Å². The summed E-state index contributed by atoms with van der Waals surface area (Å²) < 4.78 is 0. The molecule has 160 valence electrons. The number of hydrogen-bond donors (Lipinski definition) is 1. The molecule has 1 N–H and O–H groups in total. The lowest BCUT2D eigenvalue weighted by Crippen LogP contribution is -2.14. The molecule has 2 nitrogen and oxygen atoms in total. The monoisotopic (exact) mass is 388 g/mol. The fourth-order valence-corrected chi connectivity index (χ4v) is 4.31. The molecule has 0 bridgehead atoms. The first kappa shape index (κ1) is 24.7. The summed E-state index contributed by atoms with van der Waals surface area (Å²) in [5.41, 5.74) is 3.25. The molecular formula is C26H44O2. The van der Waals surface area contributed by atoms with Crippen molar-refractivity contribution >= 4 is 5.97 Å². The van der Waals surface area contributed by atoms with Gasteiger partial charge in [-0.05, 0) is 37.0 Å². The van der Waals surface area contributed by atoms with Gasteiger partial charge in [0.15, 0.2) is 0 Å². The summed E-state index contributed by atoms with van der Waals surface area (Å²) in [5.74, 6) is -1.02.